The van der Waals surface area contributed by atoms with E-state index in [9.17, 15) is 4.79 Å². The molecule has 4 rings (SSSR count). The van der Waals surface area contributed by atoms with E-state index in [0.717, 1.165) is 40.9 Å². The summed E-state index contributed by atoms with van der Waals surface area (Å²) >= 11 is 0. The molecule has 0 radical (unpaired) electrons. The van der Waals surface area contributed by atoms with Gasteiger partial charge in [0.05, 0.1) is 18.7 Å². The predicted molar refractivity (Wildman–Crippen MR) is 117 cm³/mol. The average molecular weight is 419 g/mol. The van der Waals surface area contributed by atoms with Crippen LogP contribution in [0.2, 0.25) is 0 Å². The Balaban J connectivity index is 1.60. The Morgan fingerprint density at radius 1 is 1.13 bits per heavy atom. The first-order valence-electron chi connectivity index (χ1n) is 10.4. The number of methoxy groups -OCH3 is 1. The summed E-state index contributed by atoms with van der Waals surface area (Å²) in [7, 11) is 1.43. The molecule has 1 aromatic heterocycles. The third kappa shape index (κ3) is 4.20. The zero-order valence-electron chi connectivity index (χ0n) is 17.9. The number of nitrogens with one attached hydrogen (secondary N) is 2. The first kappa shape index (κ1) is 20.7. The molecule has 0 aliphatic carbocycles. The predicted octanol–water partition coefficient (Wildman–Crippen LogP) is 3.12. The second kappa shape index (κ2) is 9.09. The van der Waals surface area contributed by atoms with Crippen LogP contribution in [-0.4, -0.2) is 51.3 Å². The fraction of sp³-hybridized carbons (Fsp3) is 0.304. The summed E-state index contributed by atoms with van der Waals surface area (Å²) in [6.45, 7) is 4.89. The van der Waals surface area contributed by atoms with Gasteiger partial charge in [-0.15, -0.1) is 10.2 Å². The largest absolute Gasteiger partial charge is 0.466 e. The Morgan fingerprint density at radius 3 is 2.52 bits per heavy atom. The van der Waals surface area contributed by atoms with Gasteiger partial charge in [0.15, 0.2) is 0 Å². The Morgan fingerprint density at radius 2 is 1.87 bits per heavy atom. The molecule has 1 aliphatic rings. The van der Waals surface area contributed by atoms with Crippen LogP contribution in [-0.2, 0) is 16.0 Å². The molecule has 3 aromatic rings. The number of H-pyrrole nitrogens is 1. The third-order valence-electron chi connectivity index (χ3n) is 5.50. The van der Waals surface area contributed by atoms with Gasteiger partial charge in [0.1, 0.15) is 0 Å². The van der Waals surface area contributed by atoms with Crippen LogP contribution >= 0.6 is 0 Å². The molecule has 8 nitrogen and oxygen atoms in total. The Kier molecular flexibility index (Phi) is 6.08. The molecule has 0 saturated heterocycles. The maximum atomic E-state index is 12.4. The van der Waals surface area contributed by atoms with Crippen LogP contribution in [0.1, 0.15) is 25.8 Å². The Hall–Kier alpha value is -3.52. The van der Waals surface area contributed by atoms with Crippen molar-refractivity contribution in [1.82, 2.24) is 31.1 Å². The van der Waals surface area contributed by atoms with E-state index in [0.29, 0.717) is 17.8 Å². The summed E-state index contributed by atoms with van der Waals surface area (Å²) in [4.78, 5) is 12.4. The van der Waals surface area contributed by atoms with Crippen molar-refractivity contribution < 1.29 is 9.53 Å². The maximum absolute atomic E-state index is 12.4. The summed E-state index contributed by atoms with van der Waals surface area (Å²) in [6, 6.07) is 16.3. The van der Waals surface area contributed by atoms with Crippen LogP contribution in [0.25, 0.3) is 22.5 Å². The highest BCUT2D eigenvalue weighted by molar-refractivity contribution is 5.91. The fourth-order valence-electron chi connectivity index (χ4n) is 4.07. The van der Waals surface area contributed by atoms with Gasteiger partial charge in [-0.1, -0.05) is 55.5 Å². The monoisotopic (exact) mass is 418 g/mol. The van der Waals surface area contributed by atoms with E-state index >= 15 is 0 Å². The van der Waals surface area contributed by atoms with Crippen molar-refractivity contribution in [3.8, 4) is 22.5 Å². The molecule has 0 spiro atoms. The van der Waals surface area contributed by atoms with Crippen molar-refractivity contribution in [2.24, 2.45) is 0 Å². The summed E-state index contributed by atoms with van der Waals surface area (Å²) in [5.41, 5.74) is 9.07. The lowest BCUT2D eigenvalue weighted by Crippen LogP contribution is -2.41. The van der Waals surface area contributed by atoms with Gasteiger partial charge >= 0.3 is 5.97 Å². The maximum Gasteiger partial charge on any atom is 0.337 e. The zero-order valence-corrected chi connectivity index (χ0v) is 17.9. The first-order chi connectivity index (χ1) is 15.1. The van der Waals surface area contributed by atoms with E-state index in [4.69, 9.17) is 4.74 Å². The van der Waals surface area contributed by atoms with Crippen molar-refractivity contribution in [2.45, 2.75) is 32.7 Å². The van der Waals surface area contributed by atoms with Crippen molar-refractivity contribution in [1.29, 1.82) is 0 Å². The van der Waals surface area contributed by atoms with Gasteiger partial charge in [0, 0.05) is 17.8 Å². The Labute approximate surface area is 181 Å². The minimum Gasteiger partial charge on any atom is -0.466 e. The molecule has 0 bridgehead atoms. The zero-order chi connectivity index (χ0) is 21.8. The number of ether oxygens (including phenoxy) is 1. The molecule has 2 aromatic carbocycles. The van der Waals surface area contributed by atoms with Gasteiger partial charge in [-0.2, -0.15) is 5.21 Å². The number of hydrogen-bond donors (Lipinski definition) is 2. The van der Waals surface area contributed by atoms with Gasteiger partial charge in [0.2, 0.25) is 5.82 Å². The number of aromatic amines is 1. The molecule has 1 atom stereocenters. The molecule has 160 valence electrons. The number of tetrazole rings is 1. The van der Waals surface area contributed by atoms with Gasteiger partial charge in [-0.25, -0.2) is 9.80 Å². The smallest absolute Gasteiger partial charge is 0.337 e. The van der Waals surface area contributed by atoms with Gasteiger partial charge in [-0.3, -0.25) is 0 Å². The topological polar surface area (TPSA) is 96.0 Å². The number of benzene rings is 2. The molecule has 2 N–H and O–H groups in total. The second-order valence-electron chi connectivity index (χ2n) is 7.53. The van der Waals surface area contributed by atoms with E-state index in [1.165, 1.54) is 7.11 Å². The average Bonchev–Trinajstić information content (AvgIpc) is 3.43. The molecular weight excluding hydrogens is 392 g/mol. The highest BCUT2D eigenvalue weighted by Crippen LogP contribution is 2.31. The summed E-state index contributed by atoms with van der Waals surface area (Å²) in [6.07, 6.45) is 1.69. The second-order valence-corrected chi connectivity index (χ2v) is 7.53. The summed E-state index contributed by atoms with van der Waals surface area (Å²) < 4.78 is 5.04. The summed E-state index contributed by atoms with van der Waals surface area (Å²) in [5.74, 6) is 0.287. The van der Waals surface area contributed by atoms with Crippen LogP contribution in [0, 0.1) is 0 Å². The van der Waals surface area contributed by atoms with Crippen molar-refractivity contribution in [3.63, 3.8) is 0 Å². The van der Waals surface area contributed by atoms with Crippen LogP contribution in [0.4, 0.5) is 0 Å². The van der Waals surface area contributed by atoms with Gasteiger partial charge < -0.3 is 10.2 Å². The fourth-order valence-corrected chi connectivity index (χ4v) is 4.07. The van der Waals surface area contributed by atoms with E-state index in [-0.39, 0.29) is 12.0 Å². The highest BCUT2D eigenvalue weighted by Gasteiger charge is 2.35. The Bertz CT molecular complexity index is 1080. The molecule has 1 unspecified atom stereocenters. The van der Waals surface area contributed by atoms with Crippen molar-refractivity contribution in [3.05, 3.63) is 65.4 Å². The molecule has 0 saturated carbocycles. The number of esters is 1. The van der Waals surface area contributed by atoms with Crippen LogP contribution < -0.4 is 5.43 Å². The van der Waals surface area contributed by atoms with Crippen molar-refractivity contribution >= 4 is 5.97 Å². The van der Waals surface area contributed by atoms with E-state index in [2.05, 4.69) is 62.2 Å². The van der Waals surface area contributed by atoms with E-state index in [1.54, 1.807) is 0 Å². The molecule has 31 heavy (non-hydrogen) atoms. The number of carbonyl (C=O) groups is 1. The minimum absolute atomic E-state index is 0.0649. The molecule has 1 aliphatic heterocycles. The lowest BCUT2D eigenvalue weighted by molar-refractivity contribution is -0.136. The van der Waals surface area contributed by atoms with Crippen LogP contribution in [0.15, 0.2) is 59.8 Å². The molecule has 8 heteroatoms. The molecule has 0 fully saturated rings. The molecule has 2 heterocycles. The molecule has 0 amide bonds. The highest BCUT2D eigenvalue weighted by atomic mass is 16.5. The number of rotatable bonds is 7. The number of carbonyl (C=O) groups excluding carboxylic acids is 1. The third-order valence-corrected chi connectivity index (χ3v) is 5.50. The SMILES string of the molecule is CCCN1NC(C)=C(C(=O)OC)C1Cc1ccc(-c2ccccc2-c2nn[nH]n2)cc1. The van der Waals surface area contributed by atoms with Gasteiger partial charge in [0.25, 0.3) is 0 Å². The minimum atomic E-state index is -0.278. The number of aromatic nitrogens is 4. The van der Waals surface area contributed by atoms with Crippen LogP contribution in [0.5, 0.6) is 0 Å². The molecular formula is C23H26N6O2. The number of hydrazine groups is 1. The number of hydrogen-bond acceptors (Lipinski definition) is 7. The first-order valence-corrected chi connectivity index (χ1v) is 10.4. The van der Waals surface area contributed by atoms with E-state index in [1.807, 2.05) is 31.2 Å². The lowest BCUT2D eigenvalue weighted by atomic mass is 9.95. The normalized spacial score (nSPS) is 16.4. The van der Waals surface area contributed by atoms with Gasteiger partial charge in [-0.05, 0) is 41.7 Å². The van der Waals surface area contributed by atoms with Crippen molar-refractivity contribution in [2.75, 3.05) is 13.7 Å². The number of allylic oxidation sites excluding steroid dienone is 1. The summed E-state index contributed by atoms with van der Waals surface area (Å²) in [5, 5.41) is 16.5. The number of nitrogens with zero attached hydrogens (tertiary/aromatic N) is 4. The quantitative estimate of drug-likeness (QED) is 0.569. The van der Waals surface area contributed by atoms with E-state index < -0.39 is 0 Å². The standard InChI is InChI=1S/C23H26N6O2/c1-4-13-29-20(21(15(2)26-29)23(30)31-3)14-16-9-11-17(12-10-16)18-7-5-6-8-19(18)22-24-27-28-25-22/h5-12,20,26H,4,13-14H2,1-3H3,(H,24,25,27,28). The van der Waals surface area contributed by atoms with Crippen LogP contribution in [0.3, 0.4) is 0 Å². The lowest BCUT2D eigenvalue weighted by Gasteiger charge is -2.26.